The Kier molecular flexibility index (Phi) is 10.3. The van der Waals surface area contributed by atoms with Gasteiger partial charge in [0.15, 0.2) is 24.1 Å². The molecule has 0 unspecified atom stereocenters. The van der Waals surface area contributed by atoms with Gasteiger partial charge in [-0.3, -0.25) is 0 Å². The van der Waals surface area contributed by atoms with E-state index in [1.165, 1.54) is 36.4 Å². The fourth-order valence-electron chi connectivity index (χ4n) is 4.85. The molecule has 232 valence electrons. The molecule has 1 aliphatic rings. The fraction of sp³-hybridized carbons (Fsp3) is 0.229. The van der Waals surface area contributed by atoms with E-state index in [0.29, 0.717) is 0 Å². The molecule has 0 bridgehead atoms. The van der Waals surface area contributed by atoms with E-state index in [-0.39, 0.29) is 29.9 Å². The largest absolute Gasteiger partial charge is 0.459 e. The Balaban J connectivity index is 1.47. The molecule has 2 N–H and O–H groups in total. The molecule has 1 aliphatic heterocycles. The van der Waals surface area contributed by atoms with Crippen LogP contribution in [0.25, 0.3) is 0 Å². The Morgan fingerprint density at radius 1 is 0.667 bits per heavy atom. The van der Waals surface area contributed by atoms with Gasteiger partial charge >= 0.3 is 17.9 Å². The van der Waals surface area contributed by atoms with Crippen molar-refractivity contribution in [2.24, 2.45) is 0 Å². The number of aliphatic hydroxyl groups is 2. The molecule has 1 fully saturated rings. The van der Waals surface area contributed by atoms with Gasteiger partial charge in [0, 0.05) is 0 Å². The molecule has 4 aromatic rings. The summed E-state index contributed by atoms with van der Waals surface area (Å²) in [6, 6.07) is 33.2. The summed E-state index contributed by atoms with van der Waals surface area (Å²) in [6.45, 7) is -0.958. The Morgan fingerprint density at radius 2 is 1.13 bits per heavy atom. The first-order valence-corrected chi connectivity index (χ1v) is 14.3. The van der Waals surface area contributed by atoms with Crippen LogP contribution in [0.4, 0.5) is 0 Å². The molecule has 1 heterocycles. The average Bonchev–Trinajstić information content (AvgIpc) is 3.09. The molecule has 0 saturated carbocycles. The molecule has 0 amide bonds. The number of carbonyl (C=O) groups excluding carboxylic acids is 3. The molecule has 45 heavy (non-hydrogen) atoms. The highest BCUT2D eigenvalue weighted by molar-refractivity contribution is 5.91. The number of hydrogen-bond acceptors (Lipinski definition) is 10. The summed E-state index contributed by atoms with van der Waals surface area (Å²) >= 11 is 0. The van der Waals surface area contributed by atoms with Gasteiger partial charge in [-0.15, -0.1) is 0 Å². The quantitative estimate of drug-likeness (QED) is 0.189. The number of esters is 3. The van der Waals surface area contributed by atoms with Gasteiger partial charge in [0.05, 0.1) is 29.9 Å². The van der Waals surface area contributed by atoms with Crippen LogP contribution < -0.4 is 0 Å². The van der Waals surface area contributed by atoms with Gasteiger partial charge in [0.2, 0.25) is 0 Å². The molecule has 0 spiro atoms. The zero-order valence-corrected chi connectivity index (χ0v) is 24.1. The number of carbonyl (C=O) groups is 3. The second-order valence-corrected chi connectivity index (χ2v) is 10.4. The van der Waals surface area contributed by atoms with Crippen molar-refractivity contribution in [1.82, 2.24) is 0 Å². The molecule has 4 aromatic carbocycles. The van der Waals surface area contributed by atoms with Crippen LogP contribution in [0, 0.1) is 0 Å². The second-order valence-electron chi connectivity index (χ2n) is 10.4. The topological polar surface area (TPSA) is 138 Å². The lowest BCUT2D eigenvalue weighted by Crippen LogP contribution is -2.70. The number of hydrogen-bond donors (Lipinski definition) is 2. The lowest BCUT2D eigenvalue weighted by atomic mass is 9.84. The minimum absolute atomic E-state index is 0.123. The highest BCUT2D eigenvalue weighted by atomic mass is 16.7. The number of benzene rings is 4. The maximum absolute atomic E-state index is 13.3. The van der Waals surface area contributed by atoms with Crippen LogP contribution in [0.2, 0.25) is 0 Å². The molecule has 10 nitrogen and oxygen atoms in total. The summed E-state index contributed by atoms with van der Waals surface area (Å²) in [6.07, 6.45) is -6.76. The predicted molar refractivity (Wildman–Crippen MR) is 160 cm³/mol. The van der Waals surface area contributed by atoms with Crippen LogP contribution in [-0.2, 0) is 30.3 Å². The number of aliphatic hydroxyl groups excluding tert-OH is 1. The minimum Gasteiger partial charge on any atom is -0.459 e. The second kappa shape index (κ2) is 14.7. The van der Waals surface area contributed by atoms with Gasteiger partial charge in [0.1, 0.15) is 12.7 Å². The van der Waals surface area contributed by atoms with Crippen molar-refractivity contribution < 1.29 is 48.3 Å². The van der Waals surface area contributed by atoms with E-state index in [4.69, 9.17) is 23.7 Å². The molecule has 5 rings (SSSR count). The van der Waals surface area contributed by atoms with Gasteiger partial charge in [-0.1, -0.05) is 84.9 Å². The standard InChI is InChI=1S/C35H32O10/c36-31(25-15-7-2-8-16-25)42-23-35(40)28(22-41-21-24-13-5-1-6-14-24)43-34(39)29(44-32(37)26-17-9-3-10-18-26)30(35)45-33(38)27-19-11-4-12-20-27/h1-20,28-30,34,39-40H,21-23H2/t28-,29-,30-,34+,35+/m1/s1. The van der Waals surface area contributed by atoms with Gasteiger partial charge < -0.3 is 33.9 Å². The first-order chi connectivity index (χ1) is 21.8. The average molecular weight is 613 g/mol. The van der Waals surface area contributed by atoms with E-state index in [9.17, 15) is 24.6 Å². The third kappa shape index (κ3) is 7.81. The van der Waals surface area contributed by atoms with E-state index in [2.05, 4.69) is 0 Å². The van der Waals surface area contributed by atoms with Gasteiger partial charge in [-0.05, 0) is 42.0 Å². The number of rotatable bonds is 11. The molecule has 1 saturated heterocycles. The van der Waals surface area contributed by atoms with Crippen molar-refractivity contribution in [1.29, 1.82) is 0 Å². The highest BCUT2D eigenvalue weighted by Gasteiger charge is 2.60. The van der Waals surface area contributed by atoms with Crippen molar-refractivity contribution in [2.75, 3.05) is 13.2 Å². The molecular weight excluding hydrogens is 580 g/mol. The van der Waals surface area contributed by atoms with E-state index in [1.807, 2.05) is 30.3 Å². The molecule has 0 radical (unpaired) electrons. The highest BCUT2D eigenvalue weighted by Crippen LogP contribution is 2.35. The Labute approximate surface area is 259 Å². The maximum atomic E-state index is 13.3. The van der Waals surface area contributed by atoms with E-state index in [1.54, 1.807) is 54.6 Å². The normalized spacial score (nSPS) is 22.6. The SMILES string of the molecule is O=C(OC[C@@]1(O)[C@H](OC(=O)c2ccccc2)[C@@H](OC(=O)c2ccccc2)[C@@H](O)O[C@@H]1COCc1ccccc1)c1ccccc1. The molecule has 0 aromatic heterocycles. The van der Waals surface area contributed by atoms with Crippen LogP contribution in [0.1, 0.15) is 36.6 Å². The molecular formula is C35H32O10. The zero-order chi connectivity index (χ0) is 31.6. The van der Waals surface area contributed by atoms with E-state index < -0.39 is 54.7 Å². The Bertz CT molecular complexity index is 1550. The summed E-state index contributed by atoms with van der Waals surface area (Å²) in [5, 5.41) is 23.4. The van der Waals surface area contributed by atoms with Crippen LogP contribution in [0.3, 0.4) is 0 Å². The third-order valence-corrected chi connectivity index (χ3v) is 7.25. The summed E-state index contributed by atoms with van der Waals surface area (Å²) in [5.74, 6) is -2.52. The Morgan fingerprint density at radius 3 is 1.67 bits per heavy atom. The van der Waals surface area contributed by atoms with Crippen LogP contribution in [0.15, 0.2) is 121 Å². The third-order valence-electron chi connectivity index (χ3n) is 7.25. The van der Waals surface area contributed by atoms with Crippen LogP contribution in [0.5, 0.6) is 0 Å². The van der Waals surface area contributed by atoms with Gasteiger partial charge in [0.25, 0.3) is 0 Å². The predicted octanol–water partition coefficient (Wildman–Crippen LogP) is 3.96. The van der Waals surface area contributed by atoms with Crippen molar-refractivity contribution in [3.8, 4) is 0 Å². The summed E-state index contributed by atoms with van der Waals surface area (Å²) in [5.41, 5.74) is -1.04. The zero-order valence-electron chi connectivity index (χ0n) is 24.1. The summed E-state index contributed by atoms with van der Waals surface area (Å²) in [4.78, 5) is 39.4. The van der Waals surface area contributed by atoms with Crippen molar-refractivity contribution >= 4 is 17.9 Å². The Hall–Kier alpha value is -4.87. The van der Waals surface area contributed by atoms with Crippen molar-refractivity contribution in [2.45, 2.75) is 36.8 Å². The van der Waals surface area contributed by atoms with E-state index in [0.717, 1.165) is 5.56 Å². The fourth-order valence-corrected chi connectivity index (χ4v) is 4.85. The first-order valence-electron chi connectivity index (χ1n) is 14.3. The summed E-state index contributed by atoms with van der Waals surface area (Å²) < 4.78 is 28.5. The molecule has 5 atom stereocenters. The molecule has 0 aliphatic carbocycles. The summed E-state index contributed by atoms with van der Waals surface area (Å²) in [7, 11) is 0. The van der Waals surface area contributed by atoms with Crippen LogP contribution in [-0.4, -0.2) is 71.5 Å². The molecule has 10 heteroatoms. The lowest BCUT2D eigenvalue weighted by molar-refractivity contribution is -0.326. The van der Waals surface area contributed by atoms with Gasteiger partial charge in [-0.2, -0.15) is 0 Å². The van der Waals surface area contributed by atoms with Crippen molar-refractivity contribution in [3.63, 3.8) is 0 Å². The minimum atomic E-state index is -2.35. The maximum Gasteiger partial charge on any atom is 0.338 e. The lowest BCUT2D eigenvalue weighted by Gasteiger charge is -2.48. The van der Waals surface area contributed by atoms with E-state index >= 15 is 0 Å². The smallest absolute Gasteiger partial charge is 0.338 e. The van der Waals surface area contributed by atoms with Crippen LogP contribution >= 0.6 is 0 Å². The van der Waals surface area contributed by atoms with Crippen molar-refractivity contribution in [3.05, 3.63) is 144 Å². The van der Waals surface area contributed by atoms with Gasteiger partial charge in [-0.25, -0.2) is 14.4 Å². The first kappa shape index (κ1) is 31.6. The number of ether oxygens (including phenoxy) is 5. The monoisotopic (exact) mass is 612 g/mol.